The van der Waals surface area contributed by atoms with Crippen LogP contribution in [0.15, 0.2) is 52.3 Å². The molecule has 36 heavy (non-hydrogen) atoms. The molecule has 0 unspecified atom stereocenters. The van der Waals surface area contributed by atoms with E-state index in [0.717, 1.165) is 60.4 Å². The topological polar surface area (TPSA) is 86.7 Å². The molecule has 1 heterocycles. The molecular weight excluding hydrogens is 492 g/mol. The largest absolute Gasteiger partial charge is 0.480 e. The smallest absolute Gasteiger partial charge is 0.320 e. The number of anilines is 2. The SMILES string of the molecule is CCCCC1(CCCC)CN(c2ccccc2)c2cc(SC)c(CN[C@H](C)C(=O)O)cc2S(=O)(=O)C1. The van der Waals surface area contributed by atoms with Crippen LogP contribution in [0.25, 0.3) is 0 Å². The van der Waals surface area contributed by atoms with E-state index in [4.69, 9.17) is 0 Å². The van der Waals surface area contributed by atoms with Gasteiger partial charge in [-0.15, -0.1) is 11.8 Å². The van der Waals surface area contributed by atoms with Crippen LogP contribution in [-0.4, -0.2) is 44.1 Å². The van der Waals surface area contributed by atoms with Crippen molar-refractivity contribution >= 4 is 38.9 Å². The van der Waals surface area contributed by atoms with E-state index in [1.807, 2.05) is 30.5 Å². The number of hydrogen-bond donors (Lipinski definition) is 2. The van der Waals surface area contributed by atoms with Crippen molar-refractivity contribution < 1.29 is 18.3 Å². The van der Waals surface area contributed by atoms with E-state index in [1.54, 1.807) is 24.8 Å². The minimum atomic E-state index is -3.59. The zero-order chi connectivity index (χ0) is 26.3. The lowest BCUT2D eigenvalue weighted by molar-refractivity contribution is -0.139. The van der Waals surface area contributed by atoms with Crippen molar-refractivity contribution in [1.29, 1.82) is 0 Å². The number of nitrogens with zero attached hydrogens (tertiary/aromatic N) is 1. The highest BCUT2D eigenvalue weighted by molar-refractivity contribution is 7.98. The number of fused-ring (bicyclic) bond motifs is 1. The summed E-state index contributed by atoms with van der Waals surface area (Å²) in [5, 5.41) is 12.3. The molecule has 0 saturated carbocycles. The molecule has 6 nitrogen and oxygen atoms in total. The number of sulfone groups is 1. The van der Waals surface area contributed by atoms with E-state index in [0.29, 0.717) is 11.4 Å². The molecule has 198 valence electrons. The Kier molecular flexibility index (Phi) is 9.89. The van der Waals surface area contributed by atoms with Gasteiger partial charge in [0.15, 0.2) is 9.84 Å². The molecule has 0 amide bonds. The number of benzene rings is 2. The number of para-hydroxylation sites is 1. The monoisotopic (exact) mass is 532 g/mol. The van der Waals surface area contributed by atoms with Crippen LogP contribution in [0.2, 0.25) is 0 Å². The Bertz CT molecular complexity index is 1130. The zero-order valence-corrected chi connectivity index (χ0v) is 23.6. The fourth-order valence-corrected chi connectivity index (χ4v) is 7.82. The number of unbranched alkanes of at least 4 members (excludes halogenated alkanes) is 2. The van der Waals surface area contributed by atoms with Crippen LogP contribution >= 0.6 is 11.8 Å². The molecule has 8 heteroatoms. The van der Waals surface area contributed by atoms with Crippen molar-refractivity contribution in [3.05, 3.63) is 48.0 Å². The summed E-state index contributed by atoms with van der Waals surface area (Å²) in [6.07, 6.45) is 7.77. The van der Waals surface area contributed by atoms with E-state index in [-0.39, 0.29) is 17.7 Å². The average molecular weight is 533 g/mol. The van der Waals surface area contributed by atoms with Gasteiger partial charge in [-0.05, 0) is 55.9 Å². The van der Waals surface area contributed by atoms with Crippen molar-refractivity contribution in [2.24, 2.45) is 5.41 Å². The molecule has 1 atom stereocenters. The number of carboxylic acid groups (broad SMARTS) is 1. The summed E-state index contributed by atoms with van der Waals surface area (Å²) in [7, 11) is -3.59. The molecule has 1 aliphatic heterocycles. The lowest BCUT2D eigenvalue weighted by atomic mass is 9.79. The highest BCUT2D eigenvalue weighted by atomic mass is 32.2. The highest BCUT2D eigenvalue weighted by Crippen LogP contribution is 2.46. The van der Waals surface area contributed by atoms with Crippen molar-refractivity contribution in [1.82, 2.24) is 5.32 Å². The summed E-state index contributed by atoms with van der Waals surface area (Å²) in [4.78, 5) is 14.8. The Morgan fingerprint density at radius 1 is 1.14 bits per heavy atom. The second-order valence-electron chi connectivity index (χ2n) is 9.96. The summed E-state index contributed by atoms with van der Waals surface area (Å²) in [6, 6.07) is 13.1. The summed E-state index contributed by atoms with van der Waals surface area (Å²) >= 11 is 1.55. The number of rotatable bonds is 12. The lowest BCUT2D eigenvalue weighted by Gasteiger charge is -2.37. The van der Waals surface area contributed by atoms with Crippen LogP contribution in [0.3, 0.4) is 0 Å². The van der Waals surface area contributed by atoms with Gasteiger partial charge in [-0.3, -0.25) is 4.79 Å². The molecule has 1 aliphatic rings. The molecule has 0 aliphatic carbocycles. The Balaban J connectivity index is 2.19. The number of hydrogen-bond acceptors (Lipinski definition) is 6. The van der Waals surface area contributed by atoms with Gasteiger partial charge < -0.3 is 15.3 Å². The Labute approximate surface area is 220 Å². The van der Waals surface area contributed by atoms with Crippen LogP contribution < -0.4 is 10.2 Å². The molecule has 0 spiro atoms. The summed E-state index contributed by atoms with van der Waals surface area (Å²) < 4.78 is 28.1. The van der Waals surface area contributed by atoms with E-state index < -0.39 is 21.8 Å². The van der Waals surface area contributed by atoms with Crippen LogP contribution in [0, 0.1) is 5.41 Å². The van der Waals surface area contributed by atoms with Crippen LogP contribution in [0.5, 0.6) is 0 Å². The number of carboxylic acids is 1. The summed E-state index contributed by atoms with van der Waals surface area (Å²) in [6.45, 7) is 6.85. The van der Waals surface area contributed by atoms with Crippen LogP contribution in [0.1, 0.15) is 64.9 Å². The molecular formula is C28H40N2O4S2. The van der Waals surface area contributed by atoms with Crippen molar-refractivity contribution in [3.63, 3.8) is 0 Å². The quantitative estimate of drug-likeness (QED) is 0.312. The molecule has 0 aromatic heterocycles. The third-order valence-corrected chi connectivity index (χ3v) is 9.95. The Morgan fingerprint density at radius 3 is 2.33 bits per heavy atom. The van der Waals surface area contributed by atoms with Crippen molar-refractivity contribution in [3.8, 4) is 0 Å². The van der Waals surface area contributed by atoms with Crippen molar-refractivity contribution in [2.75, 3.05) is 23.5 Å². The minimum absolute atomic E-state index is 0.132. The van der Waals surface area contributed by atoms with Crippen LogP contribution in [0.4, 0.5) is 11.4 Å². The molecule has 2 aromatic rings. The van der Waals surface area contributed by atoms with Gasteiger partial charge in [0.05, 0.1) is 16.3 Å². The maximum absolute atomic E-state index is 14.1. The standard InChI is InChI=1S/C28H40N2O4S2/c1-5-7-14-28(15-8-6-2)19-30(23-12-10-9-11-13-23)24-17-25(35-4)22(18-29-21(3)27(31)32)16-26(24)36(33,34)20-28/h9-13,16-17,21,29H,5-8,14-15,18-20H2,1-4H3,(H,31,32)/t21-/m1/s1. The molecule has 0 radical (unpaired) electrons. The van der Waals surface area contributed by atoms with Crippen LogP contribution in [-0.2, 0) is 21.2 Å². The van der Waals surface area contributed by atoms with E-state index in [2.05, 4.69) is 36.2 Å². The normalized spacial score (nSPS) is 17.3. The zero-order valence-electron chi connectivity index (χ0n) is 21.9. The van der Waals surface area contributed by atoms with Gasteiger partial charge >= 0.3 is 5.97 Å². The van der Waals surface area contributed by atoms with Crippen molar-refractivity contribution in [2.45, 2.75) is 81.7 Å². The number of aliphatic carboxylic acids is 1. The first-order valence-electron chi connectivity index (χ1n) is 12.9. The minimum Gasteiger partial charge on any atom is -0.480 e. The lowest BCUT2D eigenvalue weighted by Crippen LogP contribution is -2.38. The van der Waals surface area contributed by atoms with E-state index >= 15 is 0 Å². The Morgan fingerprint density at radius 2 is 1.78 bits per heavy atom. The Hall–Kier alpha value is -2.03. The molecule has 3 rings (SSSR count). The third-order valence-electron chi connectivity index (χ3n) is 7.14. The number of thioether (sulfide) groups is 1. The average Bonchev–Trinajstić information content (AvgIpc) is 2.96. The third kappa shape index (κ3) is 6.64. The molecule has 2 N–H and O–H groups in total. The predicted octanol–water partition coefficient (Wildman–Crippen LogP) is 6.26. The number of carbonyl (C=O) groups is 1. The second-order valence-corrected chi connectivity index (χ2v) is 12.8. The summed E-state index contributed by atoms with van der Waals surface area (Å²) in [5.41, 5.74) is 2.18. The fraction of sp³-hybridized carbons (Fsp3) is 0.536. The van der Waals surface area contributed by atoms with Gasteiger partial charge in [-0.1, -0.05) is 57.7 Å². The molecule has 0 fully saturated rings. The first kappa shape index (κ1) is 28.5. The van der Waals surface area contributed by atoms with Gasteiger partial charge in [0.25, 0.3) is 0 Å². The molecule has 0 saturated heterocycles. The second kappa shape index (κ2) is 12.5. The maximum atomic E-state index is 14.1. The number of nitrogens with one attached hydrogen (secondary N) is 1. The van der Waals surface area contributed by atoms with Gasteiger partial charge in [0.1, 0.15) is 6.04 Å². The van der Waals surface area contributed by atoms with Gasteiger partial charge in [-0.25, -0.2) is 8.42 Å². The van der Waals surface area contributed by atoms with E-state index in [9.17, 15) is 18.3 Å². The highest BCUT2D eigenvalue weighted by Gasteiger charge is 2.42. The fourth-order valence-electron chi connectivity index (χ4n) is 5.05. The van der Waals surface area contributed by atoms with Gasteiger partial charge in [-0.2, -0.15) is 0 Å². The predicted molar refractivity (Wildman–Crippen MR) is 149 cm³/mol. The maximum Gasteiger partial charge on any atom is 0.320 e. The summed E-state index contributed by atoms with van der Waals surface area (Å²) in [5.74, 6) is -0.803. The molecule has 0 bridgehead atoms. The molecule has 2 aromatic carbocycles. The van der Waals surface area contributed by atoms with E-state index in [1.165, 1.54) is 0 Å². The van der Waals surface area contributed by atoms with Gasteiger partial charge in [0, 0.05) is 29.1 Å². The van der Waals surface area contributed by atoms with Gasteiger partial charge in [0.2, 0.25) is 0 Å². The first-order valence-corrected chi connectivity index (χ1v) is 15.8. The first-order chi connectivity index (χ1) is 17.2.